The maximum absolute atomic E-state index is 13.9. The fourth-order valence-electron chi connectivity index (χ4n) is 5.44. The lowest BCUT2D eigenvalue weighted by molar-refractivity contribution is 0.0377. The number of ether oxygens (including phenoxy) is 1. The van der Waals surface area contributed by atoms with E-state index in [9.17, 15) is 14.0 Å². The summed E-state index contributed by atoms with van der Waals surface area (Å²) < 4.78 is 21.1. The van der Waals surface area contributed by atoms with Crippen LogP contribution in [0.3, 0.4) is 0 Å². The zero-order valence-corrected chi connectivity index (χ0v) is 25.5. The molecule has 230 valence electrons. The number of amides is 2. The number of hydrogen-bond acceptors (Lipinski definition) is 7. The molecular formula is C34H34FN7O3. The normalized spacial score (nSPS) is 14.0. The summed E-state index contributed by atoms with van der Waals surface area (Å²) in [5.74, 6) is -0.360. The third-order valence-electron chi connectivity index (χ3n) is 7.79. The first kappa shape index (κ1) is 29.7. The van der Waals surface area contributed by atoms with Crippen LogP contribution in [0.25, 0.3) is 33.3 Å². The minimum absolute atomic E-state index is 0.256. The molecule has 1 aliphatic carbocycles. The van der Waals surface area contributed by atoms with E-state index in [-0.39, 0.29) is 11.5 Å². The number of aromatic nitrogens is 4. The van der Waals surface area contributed by atoms with Gasteiger partial charge in [-0.05, 0) is 75.4 Å². The molecule has 6 rings (SSSR count). The van der Waals surface area contributed by atoms with Crippen LogP contribution in [0.5, 0.6) is 0 Å². The molecular weight excluding hydrogens is 573 g/mol. The number of carbonyl (C=O) groups is 2. The fraction of sp³-hybridized carbons (Fsp3) is 0.265. The maximum Gasteiger partial charge on any atom is 0.408 e. The van der Waals surface area contributed by atoms with Crippen molar-refractivity contribution in [3.8, 4) is 22.4 Å². The van der Waals surface area contributed by atoms with Crippen molar-refractivity contribution >= 4 is 28.7 Å². The summed E-state index contributed by atoms with van der Waals surface area (Å²) in [6.07, 6.45) is 6.97. The molecule has 0 radical (unpaired) electrons. The van der Waals surface area contributed by atoms with Crippen LogP contribution in [0.1, 0.15) is 56.1 Å². The van der Waals surface area contributed by atoms with E-state index in [2.05, 4.69) is 26.1 Å². The van der Waals surface area contributed by atoms with Gasteiger partial charge >= 0.3 is 6.09 Å². The summed E-state index contributed by atoms with van der Waals surface area (Å²) >= 11 is 0. The molecule has 1 saturated carbocycles. The summed E-state index contributed by atoms with van der Waals surface area (Å²) in [5, 5.41) is 3.77. The van der Waals surface area contributed by atoms with Crippen LogP contribution in [0, 0.1) is 5.82 Å². The van der Waals surface area contributed by atoms with E-state index in [1.807, 2.05) is 51.1 Å². The van der Waals surface area contributed by atoms with E-state index in [1.165, 1.54) is 12.1 Å². The smallest absolute Gasteiger partial charge is 0.408 e. The van der Waals surface area contributed by atoms with Crippen LogP contribution in [-0.4, -0.2) is 37.1 Å². The number of carbonyl (C=O) groups excluding carboxylic acids is 2. The Bertz CT molecular complexity index is 1880. The number of pyridine rings is 2. The zero-order valence-electron chi connectivity index (χ0n) is 25.5. The third-order valence-corrected chi connectivity index (χ3v) is 7.79. The molecule has 2 aromatic carbocycles. The Kier molecular flexibility index (Phi) is 7.69. The average Bonchev–Trinajstić information content (AvgIpc) is 3.43. The Morgan fingerprint density at radius 2 is 1.69 bits per heavy atom. The minimum atomic E-state index is -0.590. The molecule has 0 unspecified atom stereocenters. The predicted molar refractivity (Wildman–Crippen MR) is 170 cm³/mol. The van der Waals surface area contributed by atoms with Crippen LogP contribution >= 0.6 is 0 Å². The van der Waals surface area contributed by atoms with E-state index in [0.29, 0.717) is 22.4 Å². The summed E-state index contributed by atoms with van der Waals surface area (Å²) in [6, 6.07) is 17.9. The zero-order chi connectivity index (χ0) is 31.8. The van der Waals surface area contributed by atoms with Gasteiger partial charge in [-0.3, -0.25) is 15.6 Å². The second kappa shape index (κ2) is 11.6. The Hall–Kier alpha value is -5.32. The summed E-state index contributed by atoms with van der Waals surface area (Å²) in [7, 11) is 1.78. The highest BCUT2D eigenvalue weighted by Crippen LogP contribution is 2.43. The van der Waals surface area contributed by atoms with E-state index >= 15 is 0 Å². The molecule has 11 heteroatoms. The highest BCUT2D eigenvalue weighted by molar-refractivity contribution is 5.98. The number of hydrazine groups is 1. The van der Waals surface area contributed by atoms with Crippen molar-refractivity contribution in [2.75, 3.05) is 5.43 Å². The molecule has 3 aromatic heterocycles. The molecule has 3 heterocycles. The number of nitrogens with one attached hydrogen (secondary N) is 3. The number of rotatable bonds is 7. The number of anilines is 1. The van der Waals surface area contributed by atoms with E-state index in [0.717, 1.165) is 41.5 Å². The molecule has 5 aromatic rings. The molecule has 2 amide bonds. The van der Waals surface area contributed by atoms with Gasteiger partial charge in [-0.25, -0.2) is 24.1 Å². The molecule has 3 N–H and O–H groups in total. The number of nitrogens with zero attached hydrogens (tertiary/aromatic N) is 4. The van der Waals surface area contributed by atoms with Crippen LogP contribution in [0.2, 0.25) is 0 Å². The second-order valence-corrected chi connectivity index (χ2v) is 12.3. The fourth-order valence-corrected chi connectivity index (χ4v) is 5.44. The maximum atomic E-state index is 13.9. The topological polar surface area (TPSA) is 123 Å². The Balaban J connectivity index is 1.35. The highest BCUT2D eigenvalue weighted by Gasteiger charge is 2.41. The van der Waals surface area contributed by atoms with Crippen LogP contribution in [0.15, 0.2) is 79.4 Å². The van der Waals surface area contributed by atoms with Crippen molar-refractivity contribution in [3.63, 3.8) is 0 Å². The first-order valence-electron chi connectivity index (χ1n) is 14.7. The second-order valence-electron chi connectivity index (χ2n) is 12.3. The lowest BCUT2D eigenvalue weighted by Gasteiger charge is -2.43. The quantitative estimate of drug-likeness (QED) is 0.181. The lowest BCUT2D eigenvalue weighted by Crippen LogP contribution is -2.52. The molecule has 0 spiro atoms. The van der Waals surface area contributed by atoms with Gasteiger partial charge in [0.25, 0.3) is 5.91 Å². The van der Waals surface area contributed by atoms with Crippen molar-refractivity contribution < 1.29 is 18.7 Å². The van der Waals surface area contributed by atoms with Crippen molar-refractivity contribution in [2.45, 2.75) is 51.2 Å². The number of benzene rings is 2. The molecule has 0 aliphatic heterocycles. The van der Waals surface area contributed by atoms with E-state index < -0.39 is 23.1 Å². The summed E-state index contributed by atoms with van der Waals surface area (Å²) in [4.78, 5) is 38.8. The van der Waals surface area contributed by atoms with E-state index in [1.54, 1.807) is 48.5 Å². The predicted octanol–water partition coefficient (Wildman–Crippen LogP) is 6.50. The number of imidazole rings is 1. The van der Waals surface area contributed by atoms with Gasteiger partial charge < -0.3 is 14.6 Å². The van der Waals surface area contributed by atoms with Gasteiger partial charge in [0.1, 0.15) is 17.1 Å². The van der Waals surface area contributed by atoms with Crippen molar-refractivity contribution in [1.82, 2.24) is 30.3 Å². The van der Waals surface area contributed by atoms with Crippen molar-refractivity contribution in [3.05, 3.63) is 96.5 Å². The summed E-state index contributed by atoms with van der Waals surface area (Å²) in [5.41, 5.74) is 9.43. The Morgan fingerprint density at radius 3 is 2.31 bits per heavy atom. The van der Waals surface area contributed by atoms with Crippen LogP contribution in [-0.2, 0) is 17.3 Å². The number of aryl methyl sites for hydroxylation is 1. The van der Waals surface area contributed by atoms with Gasteiger partial charge in [-0.2, -0.15) is 0 Å². The standard InChI is InChI=1S/C34H34FN7O3/c1-33(2,3)45-32(44)39-34(15-5-16-34)23-10-6-22(7-11-23)29-25(21-8-12-24(35)13-9-21)18-26-27(38-29)14-17-36-30(26)40-41-31(43)28-19-42(4)20-37-28/h6-14,17-20H,5,15-16H2,1-4H3,(H,36,40)(H,39,44)(H,41,43). The molecule has 0 atom stereocenters. The molecule has 0 saturated heterocycles. The monoisotopic (exact) mass is 607 g/mol. The number of fused-ring (bicyclic) bond motifs is 1. The Labute approximate surface area is 260 Å². The van der Waals surface area contributed by atoms with Gasteiger partial charge in [0.2, 0.25) is 0 Å². The largest absolute Gasteiger partial charge is 0.444 e. The van der Waals surface area contributed by atoms with E-state index in [4.69, 9.17) is 9.72 Å². The molecule has 1 aliphatic rings. The number of halogens is 1. The first-order chi connectivity index (χ1) is 21.5. The highest BCUT2D eigenvalue weighted by atomic mass is 19.1. The SMILES string of the molecule is Cn1cnc(C(=O)NNc2nccc3nc(-c4ccc(C5(NC(=O)OC(C)(C)C)CCC5)cc4)c(-c4ccc(F)cc4)cc23)c1. The average molecular weight is 608 g/mol. The molecule has 10 nitrogen and oxygen atoms in total. The van der Waals surface area contributed by atoms with Gasteiger partial charge in [0, 0.05) is 36.0 Å². The first-order valence-corrected chi connectivity index (χ1v) is 14.7. The molecule has 45 heavy (non-hydrogen) atoms. The van der Waals surface area contributed by atoms with Gasteiger partial charge in [0.05, 0.1) is 23.1 Å². The third kappa shape index (κ3) is 6.33. The van der Waals surface area contributed by atoms with Gasteiger partial charge in [-0.1, -0.05) is 36.4 Å². The van der Waals surface area contributed by atoms with Gasteiger partial charge in [0.15, 0.2) is 5.82 Å². The number of hydrogen-bond donors (Lipinski definition) is 3. The minimum Gasteiger partial charge on any atom is -0.444 e. The Morgan fingerprint density at radius 1 is 0.978 bits per heavy atom. The van der Waals surface area contributed by atoms with Crippen LogP contribution in [0.4, 0.5) is 15.0 Å². The van der Waals surface area contributed by atoms with Crippen molar-refractivity contribution in [2.24, 2.45) is 7.05 Å². The molecule has 1 fully saturated rings. The molecule has 0 bridgehead atoms. The number of alkyl carbamates (subject to hydrolysis) is 1. The summed E-state index contributed by atoms with van der Waals surface area (Å²) in [6.45, 7) is 5.53. The van der Waals surface area contributed by atoms with Gasteiger partial charge in [-0.15, -0.1) is 0 Å². The van der Waals surface area contributed by atoms with Crippen molar-refractivity contribution in [1.29, 1.82) is 0 Å². The lowest BCUT2D eigenvalue weighted by atomic mass is 9.71. The van der Waals surface area contributed by atoms with Crippen LogP contribution < -0.4 is 16.2 Å².